The molecule has 0 saturated heterocycles. The minimum Gasteiger partial charge on any atom is -0.726 e. The first-order valence-corrected chi connectivity index (χ1v) is 5.03. The van der Waals surface area contributed by atoms with Gasteiger partial charge < -0.3 is 10.3 Å². The first-order chi connectivity index (χ1) is 5.39. The lowest BCUT2D eigenvalue weighted by atomic mass is 10.6. The molecule has 0 aliphatic heterocycles. The molecule has 0 aromatic rings. The van der Waals surface area contributed by atoms with Crippen LogP contribution in [0.3, 0.4) is 0 Å². The number of hydrogen-bond acceptors (Lipinski definition) is 4. The van der Waals surface area contributed by atoms with E-state index >= 15 is 0 Å². The Kier molecular flexibility index (Phi) is 19.9. The van der Waals surface area contributed by atoms with E-state index in [1.165, 1.54) is 6.42 Å². The summed E-state index contributed by atoms with van der Waals surface area (Å²) < 4.78 is 31.0. The molecule has 0 aromatic heterocycles. The van der Waals surface area contributed by atoms with Gasteiger partial charge in [-0.25, -0.2) is 8.42 Å². The maximum atomic E-state index is 9.22. The molecule has 3 N–H and O–H groups in total. The van der Waals surface area contributed by atoms with Crippen molar-refractivity contribution < 1.29 is 22.9 Å². The van der Waals surface area contributed by atoms with Crippen LogP contribution in [0.2, 0.25) is 0 Å². The predicted molar refractivity (Wildman–Crippen MR) is 46.1 cm³/mol. The van der Waals surface area contributed by atoms with Crippen LogP contribution in [0.4, 0.5) is 0 Å². The van der Waals surface area contributed by atoms with E-state index < -0.39 is 10.4 Å². The number of hydrogen-bond donors (Lipinski definition) is 1. The fraction of sp³-hybridized carbons (Fsp3) is 1.00. The maximum absolute atomic E-state index is 9.22. The van der Waals surface area contributed by atoms with E-state index in [-0.39, 0.29) is 0 Å². The van der Waals surface area contributed by atoms with Crippen molar-refractivity contribution in [1.29, 1.82) is 0 Å². The Hall–Kier alpha value is -0.170. The molecule has 0 bridgehead atoms. The van der Waals surface area contributed by atoms with Gasteiger partial charge in [0.05, 0.1) is 13.7 Å². The summed E-state index contributed by atoms with van der Waals surface area (Å²) in [6.45, 7) is 7.26. The van der Waals surface area contributed by atoms with Gasteiger partial charge in [0.2, 0.25) is 10.4 Å². The normalized spacial score (nSPS) is 8.83. The summed E-state index contributed by atoms with van der Waals surface area (Å²) in [5.41, 5.74) is 3.49. The molecule has 0 fully saturated rings. The van der Waals surface area contributed by atoms with E-state index in [0.717, 1.165) is 13.7 Å². The van der Waals surface area contributed by atoms with E-state index in [2.05, 4.69) is 23.8 Å². The van der Waals surface area contributed by atoms with E-state index in [4.69, 9.17) is 0 Å². The van der Waals surface area contributed by atoms with Gasteiger partial charge in [-0.15, -0.1) is 0 Å². The van der Waals surface area contributed by atoms with Crippen molar-refractivity contribution in [3.05, 3.63) is 0 Å². The number of quaternary nitrogens is 1. The third-order valence-electron chi connectivity index (χ3n) is 0.204. The molecule has 78 valence electrons. The van der Waals surface area contributed by atoms with Crippen LogP contribution in [0.25, 0.3) is 0 Å². The van der Waals surface area contributed by atoms with Gasteiger partial charge in [0, 0.05) is 0 Å². The van der Waals surface area contributed by atoms with Crippen LogP contribution in [0, 0.1) is 0 Å². The van der Waals surface area contributed by atoms with E-state index in [1.807, 2.05) is 6.92 Å². The monoisotopic (exact) mass is 201 g/mol. The Morgan fingerprint density at radius 1 is 1.33 bits per heavy atom. The third kappa shape index (κ3) is 95.7. The zero-order valence-corrected chi connectivity index (χ0v) is 8.98. The van der Waals surface area contributed by atoms with Crippen molar-refractivity contribution in [3.8, 4) is 0 Å². The highest BCUT2D eigenvalue weighted by atomic mass is 32.3. The van der Waals surface area contributed by atoms with E-state index in [0.29, 0.717) is 0 Å². The second kappa shape index (κ2) is 13.4. The average molecular weight is 201 g/mol. The smallest absolute Gasteiger partial charge is 0.217 e. The molecule has 0 aliphatic carbocycles. The number of rotatable bonds is 1. The Morgan fingerprint density at radius 3 is 1.42 bits per heavy atom. The van der Waals surface area contributed by atoms with Crippen LogP contribution in [0.15, 0.2) is 0 Å². The van der Waals surface area contributed by atoms with Gasteiger partial charge in [0.15, 0.2) is 0 Å². The SMILES string of the molecule is CCC.CC[NH3+].COS(=O)(=O)[O-]. The summed E-state index contributed by atoms with van der Waals surface area (Å²) in [5.74, 6) is 0. The Morgan fingerprint density at radius 2 is 1.42 bits per heavy atom. The zero-order chi connectivity index (χ0) is 10.6. The van der Waals surface area contributed by atoms with Crippen LogP contribution in [0.1, 0.15) is 27.2 Å². The molecule has 0 heterocycles. The summed E-state index contributed by atoms with van der Waals surface area (Å²) >= 11 is 0. The molecule has 6 heteroatoms. The second-order valence-corrected chi connectivity index (χ2v) is 2.93. The van der Waals surface area contributed by atoms with Gasteiger partial charge >= 0.3 is 0 Å². The Balaban J connectivity index is -0.000000115. The summed E-state index contributed by atoms with van der Waals surface area (Å²) in [5, 5.41) is 0. The molecule has 0 saturated carbocycles. The van der Waals surface area contributed by atoms with Crippen LogP contribution < -0.4 is 5.73 Å². The molecule has 0 spiro atoms. The second-order valence-electron chi connectivity index (χ2n) is 1.78. The Bertz CT molecular complexity index is 142. The van der Waals surface area contributed by atoms with Gasteiger partial charge in [0.25, 0.3) is 0 Å². The molecule has 12 heavy (non-hydrogen) atoms. The molecule has 0 rings (SSSR count). The minimum absolute atomic E-state index is 0.808. The predicted octanol–water partition coefficient (Wildman–Crippen LogP) is -0.242. The first-order valence-electron chi connectivity index (χ1n) is 3.70. The molecule has 0 amide bonds. The maximum Gasteiger partial charge on any atom is 0.217 e. The van der Waals surface area contributed by atoms with Crippen LogP contribution in [-0.4, -0.2) is 26.6 Å². The quantitative estimate of drug-likeness (QED) is 0.468. The molecular formula is C6H19NO4S. The summed E-state index contributed by atoms with van der Waals surface area (Å²) in [6.07, 6.45) is 1.25. The molecule has 0 atom stereocenters. The first kappa shape index (κ1) is 17.8. The third-order valence-corrected chi connectivity index (χ3v) is 0.612. The molecule has 0 unspecified atom stereocenters. The van der Waals surface area contributed by atoms with Crippen molar-refractivity contribution in [2.75, 3.05) is 13.7 Å². The molecule has 0 aliphatic rings. The van der Waals surface area contributed by atoms with E-state index in [1.54, 1.807) is 0 Å². The molecule has 5 nitrogen and oxygen atoms in total. The molecular weight excluding hydrogens is 182 g/mol. The summed E-state index contributed by atoms with van der Waals surface area (Å²) in [4.78, 5) is 0. The standard InChI is InChI=1S/C3H8.C2H7N.CH4O4S/c1-3-2;1-2-3;1-5-6(2,3)4/h3H2,1-2H3;2-3H2,1H3;1H3,(H,2,3,4). The van der Waals surface area contributed by atoms with Crippen molar-refractivity contribution in [3.63, 3.8) is 0 Å². The highest BCUT2D eigenvalue weighted by molar-refractivity contribution is 7.80. The van der Waals surface area contributed by atoms with Crippen molar-refractivity contribution in [2.24, 2.45) is 0 Å². The largest absolute Gasteiger partial charge is 0.726 e. The fourth-order valence-corrected chi connectivity index (χ4v) is 0. The van der Waals surface area contributed by atoms with Gasteiger partial charge in [-0.2, -0.15) is 0 Å². The van der Waals surface area contributed by atoms with Gasteiger partial charge in [0.1, 0.15) is 0 Å². The van der Waals surface area contributed by atoms with Crippen molar-refractivity contribution >= 4 is 10.4 Å². The highest BCUT2D eigenvalue weighted by Crippen LogP contribution is 1.74. The van der Waals surface area contributed by atoms with Gasteiger partial charge in [-0.05, 0) is 6.92 Å². The van der Waals surface area contributed by atoms with Crippen LogP contribution >= 0.6 is 0 Å². The fourth-order valence-electron chi connectivity index (χ4n) is 0. The van der Waals surface area contributed by atoms with Crippen molar-refractivity contribution in [2.45, 2.75) is 27.2 Å². The lowest BCUT2D eigenvalue weighted by Gasteiger charge is -1.98. The van der Waals surface area contributed by atoms with Gasteiger partial charge in [-0.3, -0.25) is 4.18 Å². The Labute approximate surface area is 74.9 Å². The van der Waals surface area contributed by atoms with Gasteiger partial charge in [-0.1, -0.05) is 20.3 Å². The molecule has 0 aromatic carbocycles. The topological polar surface area (TPSA) is 94.1 Å². The highest BCUT2D eigenvalue weighted by Gasteiger charge is 1.79. The average Bonchev–Trinajstić information content (AvgIpc) is 1.90. The molecule has 0 radical (unpaired) electrons. The minimum atomic E-state index is -4.41. The van der Waals surface area contributed by atoms with Crippen LogP contribution in [0.5, 0.6) is 0 Å². The lowest BCUT2D eigenvalue weighted by Crippen LogP contribution is -2.48. The van der Waals surface area contributed by atoms with E-state index in [9.17, 15) is 13.0 Å². The van der Waals surface area contributed by atoms with Crippen LogP contribution in [-0.2, 0) is 14.6 Å². The van der Waals surface area contributed by atoms with Crippen molar-refractivity contribution in [1.82, 2.24) is 0 Å². The summed E-state index contributed by atoms with van der Waals surface area (Å²) in [7, 11) is -3.60. The summed E-state index contributed by atoms with van der Waals surface area (Å²) in [6, 6.07) is 0. The zero-order valence-electron chi connectivity index (χ0n) is 8.16. The lowest BCUT2D eigenvalue weighted by molar-refractivity contribution is -0.361.